The van der Waals surface area contributed by atoms with Crippen LogP contribution in [0.3, 0.4) is 0 Å². The highest BCUT2D eigenvalue weighted by Crippen LogP contribution is 2.45. The van der Waals surface area contributed by atoms with Crippen molar-refractivity contribution in [2.24, 2.45) is 5.41 Å². The molecule has 1 N–H and O–H groups in total. The van der Waals surface area contributed by atoms with Crippen LogP contribution in [0.15, 0.2) is 30.3 Å². The predicted molar refractivity (Wildman–Crippen MR) is 74.3 cm³/mol. The van der Waals surface area contributed by atoms with E-state index in [1.54, 1.807) is 0 Å². The van der Waals surface area contributed by atoms with E-state index in [4.69, 9.17) is 5.26 Å². The van der Waals surface area contributed by atoms with Gasteiger partial charge in [0.1, 0.15) is 5.41 Å². The minimum atomic E-state index is -0.732. The van der Waals surface area contributed by atoms with Crippen molar-refractivity contribution in [3.05, 3.63) is 35.9 Å². The number of rotatable bonds is 5. The van der Waals surface area contributed by atoms with E-state index in [1.807, 2.05) is 32.0 Å². The first-order valence-electron chi connectivity index (χ1n) is 6.75. The van der Waals surface area contributed by atoms with Crippen LogP contribution in [0.1, 0.15) is 38.7 Å². The van der Waals surface area contributed by atoms with Crippen molar-refractivity contribution in [1.82, 2.24) is 5.32 Å². The topological polar surface area (TPSA) is 52.9 Å². The maximum absolute atomic E-state index is 12.1. The van der Waals surface area contributed by atoms with Crippen molar-refractivity contribution >= 4 is 5.91 Å². The lowest BCUT2D eigenvalue weighted by Gasteiger charge is -2.27. The molecule has 0 saturated heterocycles. The fourth-order valence-electron chi connectivity index (χ4n) is 2.11. The maximum atomic E-state index is 12.1. The summed E-state index contributed by atoms with van der Waals surface area (Å²) in [5.74, 6) is -0.104. The van der Waals surface area contributed by atoms with Crippen LogP contribution in [0.4, 0.5) is 0 Å². The van der Waals surface area contributed by atoms with Crippen molar-refractivity contribution in [2.75, 3.05) is 0 Å². The van der Waals surface area contributed by atoms with Gasteiger partial charge in [0.15, 0.2) is 0 Å². The minimum Gasteiger partial charge on any atom is -0.350 e. The molecule has 1 fully saturated rings. The quantitative estimate of drug-likeness (QED) is 0.880. The Balaban J connectivity index is 1.89. The third-order valence-corrected chi connectivity index (χ3v) is 3.73. The average Bonchev–Trinajstić information content (AvgIpc) is 3.18. The number of nitriles is 1. The number of carbonyl (C=O) groups excluding carboxylic acids is 1. The predicted octanol–water partition coefficient (Wildman–Crippen LogP) is 2.82. The Labute approximate surface area is 114 Å². The second kappa shape index (κ2) is 5.05. The van der Waals surface area contributed by atoms with Gasteiger partial charge in [-0.15, -0.1) is 0 Å². The van der Waals surface area contributed by atoms with Crippen LogP contribution in [0, 0.1) is 16.7 Å². The van der Waals surface area contributed by atoms with Gasteiger partial charge < -0.3 is 5.32 Å². The highest BCUT2D eigenvalue weighted by atomic mass is 16.2. The second-order valence-electron chi connectivity index (χ2n) is 6.02. The molecule has 19 heavy (non-hydrogen) atoms. The molecule has 2 rings (SSSR count). The van der Waals surface area contributed by atoms with Crippen LogP contribution in [-0.2, 0) is 11.2 Å². The standard InChI is InChI=1S/C16H20N2O/c1-15(2,9-8-13-6-4-3-5-7-13)18-14(19)16(12-17)10-11-16/h3-7H,8-11H2,1-2H3,(H,18,19). The molecule has 100 valence electrons. The van der Waals surface area contributed by atoms with Crippen LogP contribution in [0.25, 0.3) is 0 Å². The molecule has 0 radical (unpaired) electrons. The Kier molecular flexibility index (Phi) is 3.61. The van der Waals surface area contributed by atoms with E-state index in [9.17, 15) is 4.79 Å². The van der Waals surface area contributed by atoms with Crippen molar-refractivity contribution in [3.63, 3.8) is 0 Å². The summed E-state index contributed by atoms with van der Waals surface area (Å²) in [4.78, 5) is 12.1. The Hall–Kier alpha value is -1.82. The summed E-state index contributed by atoms with van der Waals surface area (Å²) in [7, 11) is 0. The van der Waals surface area contributed by atoms with Gasteiger partial charge in [0.25, 0.3) is 0 Å². The normalized spacial score (nSPS) is 16.5. The molecule has 1 aromatic rings. The summed E-state index contributed by atoms with van der Waals surface area (Å²) in [5.41, 5.74) is 0.259. The molecule has 0 aromatic heterocycles. The van der Waals surface area contributed by atoms with Crippen molar-refractivity contribution < 1.29 is 4.79 Å². The van der Waals surface area contributed by atoms with Gasteiger partial charge in [-0.1, -0.05) is 30.3 Å². The lowest BCUT2D eigenvalue weighted by atomic mass is 9.94. The van der Waals surface area contributed by atoms with Crippen LogP contribution in [-0.4, -0.2) is 11.4 Å². The Bertz CT molecular complexity index is 495. The number of amides is 1. The first-order chi connectivity index (χ1) is 8.97. The maximum Gasteiger partial charge on any atom is 0.240 e. The van der Waals surface area contributed by atoms with E-state index in [1.165, 1.54) is 5.56 Å². The third-order valence-electron chi connectivity index (χ3n) is 3.73. The van der Waals surface area contributed by atoms with E-state index >= 15 is 0 Å². The molecule has 1 saturated carbocycles. The average molecular weight is 256 g/mol. The van der Waals surface area contributed by atoms with Gasteiger partial charge in [-0.3, -0.25) is 4.79 Å². The van der Waals surface area contributed by atoms with Gasteiger partial charge in [-0.2, -0.15) is 5.26 Å². The third kappa shape index (κ3) is 3.35. The first-order valence-corrected chi connectivity index (χ1v) is 6.75. The molecule has 3 heteroatoms. The van der Waals surface area contributed by atoms with Crippen LogP contribution in [0.2, 0.25) is 0 Å². The molecule has 1 aromatic carbocycles. The molecular weight excluding hydrogens is 236 g/mol. The van der Waals surface area contributed by atoms with E-state index < -0.39 is 5.41 Å². The summed E-state index contributed by atoms with van der Waals surface area (Å²) in [6.07, 6.45) is 3.19. The van der Waals surface area contributed by atoms with Gasteiger partial charge in [0.05, 0.1) is 6.07 Å². The molecule has 0 bridgehead atoms. The Morgan fingerprint density at radius 2 is 2.00 bits per heavy atom. The fourth-order valence-corrected chi connectivity index (χ4v) is 2.11. The summed E-state index contributed by atoms with van der Waals surface area (Å²) >= 11 is 0. The van der Waals surface area contributed by atoms with Crippen LogP contribution < -0.4 is 5.32 Å². The zero-order chi connectivity index (χ0) is 13.9. The number of aryl methyl sites for hydroxylation is 1. The zero-order valence-corrected chi connectivity index (χ0v) is 11.6. The molecule has 0 heterocycles. The smallest absolute Gasteiger partial charge is 0.240 e. The minimum absolute atomic E-state index is 0.104. The number of carbonyl (C=O) groups is 1. The van der Waals surface area contributed by atoms with Crippen molar-refractivity contribution in [1.29, 1.82) is 5.26 Å². The molecule has 3 nitrogen and oxygen atoms in total. The molecule has 1 amide bonds. The summed E-state index contributed by atoms with van der Waals surface area (Å²) < 4.78 is 0. The zero-order valence-electron chi connectivity index (χ0n) is 11.6. The summed E-state index contributed by atoms with van der Waals surface area (Å²) in [5, 5.41) is 12.0. The number of hydrogen-bond donors (Lipinski definition) is 1. The van der Waals surface area contributed by atoms with E-state index in [2.05, 4.69) is 23.5 Å². The molecule has 0 spiro atoms. The van der Waals surface area contributed by atoms with E-state index in [0.29, 0.717) is 12.8 Å². The lowest BCUT2D eigenvalue weighted by Crippen LogP contribution is -2.46. The monoisotopic (exact) mass is 256 g/mol. The largest absolute Gasteiger partial charge is 0.350 e. The highest BCUT2D eigenvalue weighted by molar-refractivity contribution is 5.88. The van der Waals surface area contributed by atoms with Gasteiger partial charge in [-0.05, 0) is 45.1 Å². The summed E-state index contributed by atoms with van der Waals surface area (Å²) in [6.45, 7) is 4.03. The Morgan fingerprint density at radius 3 is 2.53 bits per heavy atom. The molecule has 1 aliphatic carbocycles. The number of nitrogens with one attached hydrogen (secondary N) is 1. The SMILES string of the molecule is CC(C)(CCc1ccccc1)NC(=O)C1(C#N)CC1. The van der Waals surface area contributed by atoms with Gasteiger partial charge in [0.2, 0.25) is 5.91 Å². The van der Waals surface area contributed by atoms with Crippen molar-refractivity contribution in [3.8, 4) is 6.07 Å². The van der Waals surface area contributed by atoms with Gasteiger partial charge in [-0.25, -0.2) is 0 Å². The molecule has 0 atom stereocenters. The van der Waals surface area contributed by atoms with Crippen LogP contribution in [0.5, 0.6) is 0 Å². The van der Waals surface area contributed by atoms with E-state index in [-0.39, 0.29) is 11.4 Å². The lowest BCUT2D eigenvalue weighted by molar-refractivity contribution is -0.126. The number of benzene rings is 1. The number of hydrogen-bond acceptors (Lipinski definition) is 2. The van der Waals surface area contributed by atoms with E-state index in [0.717, 1.165) is 12.8 Å². The molecule has 0 aliphatic heterocycles. The number of nitrogens with zero attached hydrogens (tertiary/aromatic N) is 1. The highest BCUT2D eigenvalue weighted by Gasteiger charge is 2.51. The van der Waals surface area contributed by atoms with Gasteiger partial charge >= 0.3 is 0 Å². The second-order valence-corrected chi connectivity index (χ2v) is 6.02. The molecule has 0 unspecified atom stereocenters. The fraction of sp³-hybridized carbons (Fsp3) is 0.500. The molecular formula is C16H20N2O. The Morgan fingerprint density at radius 1 is 1.37 bits per heavy atom. The molecule has 1 aliphatic rings. The summed E-state index contributed by atoms with van der Waals surface area (Å²) in [6, 6.07) is 12.4. The van der Waals surface area contributed by atoms with Gasteiger partial charge in [0, 0.05) is 5.54 Å². The van der Waals surface area contributed by atoms with Crippen molar-refractivity contribution in [2.45, 2.75) is 45.1 Å². The van der Waals surface area contributed by atoms with Crippen LogP contribution >= 0.6 is 0 Å². The first kappa shape index (κ1) is 13.6.